The lowest BCUT2D eigenvalue weighted by atomic mass is 10.2. The van der Waals surface area contributed by atoms with Crippen molar-refractivity contribution >= 4 is 23.2 Å². The molecule has 0 aromatic carbocycles. The quantitative estimate of drug-likeness (QED) is 0.400. The minimum absolute atomic E-state index is 0.350. The largest absolute Gasteiger partial charge is 0.462 e. The highest BCUT2D eigenvalue weighted by atomic mass is 16.5. The number of rotatable bonds is 4. The normalized spacial score (nSPS) is 13.9. The molecule has 0 unspecified atom stereocenters. The van der Waals surface area contributed by atoms with Gasteiger partial charge >= 0.3 is 11.9 Å². The molecule has 2 aliphatic rings. The number of esters is 2. The summed E-state index contributed by atoms with van der Waals surface area (Å²) >= 11 is 0. The molecule has 0 bridgehead atoms. The standard InChI is InChI=1S/2C13H15N3O2/c1-3-18-13(17)10-7-14-16-8(2)9-5-4-6-11(9)15-12(10)16;1-3-18-13(17)10-7-14-16-11-6-4-5-9(11)8(2)15-12(10)16/h2*7H,3-6H2,1-2H3. The fourth-order valence-electron chi connectivity index (χ4n) is 5.12. The molecule has 10 nitrogen and oxygen atoms in total. The molecule has 2 aliphatic carbocycles. The van der Waals surface area contributed by atoms with Gasteiger partial charge in [-0.15, -0.1) is 0 Å². The lowest BCUT2D eigenvalue weighted by molar-refractivity contribution is 0.0518. The number of fused-ring (bicyclic) bond motifs is 5. The van der Waals surface area contributed by atoms with Gasteiger partial charge in [-0.3, -0.25) is 0 Å². The van der Waals surface area contributed by atoms with E-state index in [1.807, 2.05) is 13.8 Å². The van der Waals surface area contributed by atoms with Crippen LogP contribution in [-0.4, -0.2) is 54.3 Å². The van der Waals surface area contributed by atoms with Gasteiger partial charge in [0.2, 0.25) is 0 Å². The van der Waals surface area contributed by atoms with Crippen molar-refractivity contribution in [2.45, 2.75) is 66.2 Å². The van der Waals surface area contributed by atoms with Crippen LogP contribution in [0.15, 0.2) is 12.4 Å². The molecule has 10 heteroatoms. The summed E-state index contributed by atoms with van der Waals surface area (Å²) in [7, 11) is 0. The fraction of sp³-hybridized carbons (Fsp3) is 0.462. The van der Waals surface area contributed by atoms with Crippen LogP contribution in [-0.2, 0) is 35.2 Å². The second-order valence-electron chi connectivity index (χ2n) is 8.98. The van der Waals surface area contributed by atoms with Crippen molar-refractivity contribution in [3.8, 4) is 0 Å². The number of aromatic nitrogens is 6. The minimum Gasteiger partial charge on any atom is -0.462 e. The average Bonchev–Trinajstić information content (AvgIpc) is 3.64. The van der Waals surface area contributed by atoms with Gasteiger partial charge in [0.1, 0.15) is 11.1 Å². The Hall–Kier alpha value is -3.82. The highest BCUT2D eigenvalue weighted by molar-refractivity contribution is 5.96. The Balaban J connectivity index is 0.000000148. The second kappa shape index (κ2) is 9.67. The molecular weight excluding hydrogens is 460 g/mol. The summed E-state index contributed by atoms with van der Waals surface area (Å²) in [6, 6.07) is 0. The fourth-order valence-corrected chi connectivity index (χ4v) is 5.12. The van der Waals surface area contributed by atoms with E-state index in [0.717, 1.165) is 55.6 Å². The second-order valence-corrected chi connectivity index (χ2v) is 8.98. The number of carbonyl (C=O) groups excluding carboxylic acids is 2. The number of aryl methyl sites for hydroxylation is 4. The maximum Gasteiger partial charge on any atom is 0.343 e. The third-order valence-corrected chi connectivity index (χ3v) is 6.82. The van der Waals surface area contributed by atoms with Crippen LogP contribution in [0.4, 0.5) is 0 Å². The zero-order valence-corrected chi connectivity index (χ0v) is 21.1. The highest BCUT2D eigenvalue weighted by Crippen LogP contribution is 2.27. The molecule has 0 N–H and O–H groups in total. The van der Waals surface area contributed by atoms with Gasteiger partial charge in [0.25, 0.3) is 0 Å². The number of hydrogen-bond acceptors (Lipinski definition) is 8. The Bertz CT molecular complexity index is 1470. The Kier molecular flexibility index (Phi) is 6.42. The van der Waals surface area contributed by atoms with E-state index >= 15 is 0 Å². The predicted octanol–water partition coefficient (Wildman–Crippen LogP) is 3.41. The van der Waals surface area contributed by atoms with Crippen molar-refractivity contribution in [3.05, 3.63) is 57.4 Å². The van der Waals surface area contributed by atoms with E-state index in [0.29, 0.717) is 35.6 Å². The van der Waals surface area contributed by atoms with Crippen molar-refractivity contribution in [2.75, 3.05) is 13.2 Å². The lowest BCUT2D eigenvalue weighted by Gasteiger charge is -2.06. The SMILES string of the molecule is CCOC(=O)c1cnn2c(C)c3c(nc12)CCC3.CCOC(=O)c1cnn2c3c(c(C)nc12)CCC3. The first kappa shape index (κ1) is 23.9. The van der Waals surface area contributed by atoms with Crippen molar-refractivity contribution in [1.82, 2.24) is 29.2 Å². The average molecular weight is 491 g/mol. The third-order valence-electron chi connectivity index (χ3n) is 6.82. The van der Waals surface area contributed by atoms with E-state index in [9.17, 15) is 9.59 Å². The molecule has 0 atom stereocenters. The van der Waals surface area contributed by atoms with Gasteiger partial charge in [0, 0.05) is 22.8 Å². The Morgan fingerprint density at radius 3 is 2.06 bits per heavy atom. The molecule has 4 aromatic rings. The number of nitrogens with zero attached hydrogens (tertiary/aromatic N) is 6. The van der Waals surface area contributed by atoms with Crippen molar-refractivity contribution < 1.29 is 19.1 Å². The molecule has 0 saturated carbocycles. The van der Waals surface area contributed by atoms with Crippen LogP contribution >= 0.6 is 0 Å². The van der Waals surface area contributed by atoms with Crippen LogP contribution in [0.5, 0.6) is 0 Å². The van der Waals surface area contributed by atoms with Gasteiger partial charge in [-0.05, 0) is 77.3 Å². The molecule has 0 fully saturated rings. The van der Waals surface area contributed by atoms with Gasteiger partial charge < -0.3 is 9.47 Å². The molecule has 0 amide bonds. The molecule has 0 radical (unpaired) electrons. The van der Waals surface area contributed by atoms with Gasteiger partial charge in [-0.25, -0.2) is 28.6 Å². The van der Waals surface area contributed by atoms with E-state index < -0.39 is 0 Å². The molecule has 4 aromatic heterocycles. The van der Waals surface area contributed by atoms with Crippen molar-refractivity contribution in [2.24, 2.45) is 0 Å². The van der Waals surface area contributed by atoms with Crippen LogP contribution in [0.1, 0.15) is 81.3 Å². The summed E-state index contributed by atoms with van der Waals surface area (Å²) in [5, 5.41) is 8.54. The smallest absolute Gasteiger partial charge is 0.343 e. The minimum atomic E-state index is -0.350. The zero-order valence-electron chi connectivity index (χ0n) is 21.1. The monoisotopic (exact) mass is 490 g/mol. The molecule has 0 aliphatic heterocycles. The molecular formula is C26H30N6O4. The van der Waals surface area contributed by atoms with Gasteiger partial charge in [-0.2, -0.15) is 10.2 Å². The lowest BCUT2D eigenvalue weighted by Crippen LogP contribution is -2.07. The van der Waals surface area contributed by atoms with Crippen molar-refractivity contribution in [1.29, 1.82) is 0 Å². The summed E-state index contributed by atoms with van der Waals surface area (Å²) in [6.07, 6.45) is 9.45. The van der Waals surface area contributed by atoms with Crippen LogP contribution in [0.25, 0.3) is 11.3 Å². The molecule has 6 rings (SSSR count). The summed E-state index contributed by atoms with van der Waals surface area (Å²) in [6.45, 7) is 8.33. The Labute approximate surface area is 208 Å². The number of ether oxygens (including phenoxy) is 2. The van der Waals surface area contributed by atoms with E-state index in [1.165, 1.54) is 16.8 Å². The number of hydrogen-bond donors (Lipinski definition) is 0. The topological polar surface area (TPSA) is 113 Å². The Morgan fingerprint density at radius 2 is 1.39 bits per heavy atom. The highest BCUT2D eigenvalue weighted by Gasteiger charge is 2.24. The molecule has 0 spiro atoms. The van der Waals surface area contributed by atoms with Crippen molar-refractivity contribution in [3.63, 3.8) is 0 Å². The van der Waals surface area contributed by atoms with E-state index in [2.05, 4.69) is 20.2 Å². The summed E-state index contributed by atoms with van der Waals surface area (Å²) < 4.78 is 13.6. The van der Waals surface area contributed by atoms with E-state index in [1.54, 1.807) is 35.3 Å². The number of carbonyl (C=O) groups is 2. The van der Waals surface area contributed by atoms with Gasteiger partial charge in [0.05, 0.1) is 25.6 Å². The maximum atomic E-state index is 11.8. The van der Waals surface area contributed by atoms with Crippen LogP contribution in [0, 0.1) is 13.8 Å². The molecule has 188 valence electrons. The maximum absolute atomic E-state index is 11.8. The first-order valence-corrected chi connectivity index (χ1v) is 12.5. The van der Waals surface area contributed by atoms with Crippen LogP contribution in [0.3, 0.4) is 0 Å². The molecule has 0 saturated heterocycles. The summed E-state index contributed by atoms with van der Waals surface area (Å²) in [5.41, 5.74) is 9.08. The van der Waals surface area contributed by atoms with Crippen LogP contribution < -0.4 is 0 Å². The third kappa shape index (κ3) is 4.00. The predicted molar refractivity (Wildman–Crippen MR) is 131 cm³/mol. The molecule has 4 heterocycles. The first-order valence-electron chi connectivity index (χ1n) is 12.5. The summed E-state index contributed by atoms with van der Waals surface area (Å²) in [5.74, 6) is -0.699. The van der Waals surface area contributed by atoms with E-state index in [-0.39, 0.29) is 11.9 Å². The van der Waals surface area contributed by atoms with Gasteiger partial charge in [0.15, 0.2) is 11.3 Å². The Morgan fingerprint density at radius 1 is 0.806 bits per heavy atom. The van der Waals surface area contributed by atoms with Gasteiger partial charge in [-0.1, -0.05) is 0 Å². The molecule has 36 heavy (non-hydrogen) atoms. The van der Waals surface area contributed by atoms with Crippen LogP contribution in [0.2, 0.25) is 0 Å². The summed E-state index contributed by atoms with van der Waals surface area (Å²) in [4.78, 5) is 32.7. The van der Waals surface area contributed by atoms with E-state index in [4.69, 9.17) is 9.47 Å². The first-order chi connectivity index (χ1) is 17.4. The zero-order chi connectivity index (χ0) is 25.4.